The third-order valence-corrected chi connectivity index (χ3v) is 4.02. The van der Waals surface area contributed by atoms with Gasteiger partial charge in [-0.25, -0.2) is 4.39 Å². The molecule has 2 rings (SSSR count). The molecular formula is C16H22FN3O3. The summed E-state index contributed by atoms with van der Waals surface area (Å²) >= 11 is 0. The Morgan fingerprint density at radius 1 is 1.39 bits per heavy atom. The van der Waals surface area contributed by atoms with Crippen molar-refractivity contribution in [1.29, 1.82) is 0 Å². The van der Waals surface area contributed by atoms with E-state index in [9.17, 15) is 14.0 Å². The first-order valence-corrected chi connectivity index (χ1v) is 7.57. The lowest BCUT2D eigenvalue weighted by Gasteiger charge is -2.25. The standard InChI is InChI=1S/C16H22FN3O3/c1-16(19-9-15(22)23)6-7-20(11-16)10-14(21)18-8-12-4-2-3-5-13(12)17/h2-5,19H,6-11H2,1H3,(H,18,21)(H,22,23)/t16-/m0/s1. The predicted molar refractivity (Wildman–Crippen MR) is 83.3 cm³/mol. The number of hydrogen-bond acceptors (Lipinski definition) is 4. The first-order chi connectivity index (χ1) is 10.9. The number of likely N-dealkylation sites (tertiary alicyclic amines) is 1. The average Bonchev–Trinajstić information content (AvgIpc) is 2.86. The maximum Gasteiger partial charge on any atom is 0.317 e. The van der Waals surface area contributed by atoms with Gasteiger partial charge in [0.1, 0.15) is 5.82 Å². The largest absolute Gasteiger partial charge is 0.480 e. The Morgan fingerprint density at radius 3 is 2.83 bits per heavy atom. The van der Waals surface area contributed by atoms with E-state index >= 15 is 0 Å². The number of carboxylic acids is 1. The van der Waals surface area contributed by atoms with Crippen LogP contribution in [0.25, 0.3) is 0 Å². The van der Waals surface area contributed by atoms with Crippen molar-refractivity contribution < 1.29 is 19.1 Å². The van der Waals surface area contributed by atoms with Crippen LogP contribution in [0.15, 0.2) is 24.3 Å². The Balaban J connectivity index is 1.76. The number of nitrogens with zero attached hydrogens (tertiary/aromatic N) is 1. The van der Waals surface area contributed by atoms with Gasteiger partial charge in [-0.05, 0) is 19.4 Å². The Hall–Kier alpha value is -1.99. The molecule has 1 fully saturated rings. The van der Waals surface area contributed by atoms with Gasteiger partial charge in [0.25, 0.3) is 0 Å². The highest BCUT2D eigenvalue weighted by molar-refractivity contribution is 5.78. The fourth-order valence-electron chi connectivity index (χ4n) is 2.72. The van der Waals surface area contributed by atoms with Crippen molar-refractivity contribution in [3.63, 3.8) is 0 Å². The number of amides is 1. The molecule has 23 heavy (non-hydrogen) atoms. The van der Waals surface area contributed by atoms with Crippen LogP contribution in [0.3, 0.4) is 0 Å². The molecule has 1 atom stereocenters. The van der Waals surface area contributed by atoms with Crippen molar-refractivity contribution in [2.45, 2.75) is 25.4 Å². The van der Waals surface area contributed by atoms with Crippen molar-refractivity contribution in [1.82, 2.24) is 15.5 Å². The molecule has 3 N–H and O–H groups in total. The highest BCUT2D eigenvalue weighted by atomic mass is 19.1. The van der Waals surface area contributed by atoms with Crippen LogP contribution in [0.1, 0.15) is 18.9 Å². The van der Waals surface area contributed by atoms with E-state index in [1.165, 1.54) is 6.07 Å². The molecule has 1 aromatic carbocycles. The molecule has 0 radical (unpaired) electrons. The summed E-state index contributed by atoms with van der Waals surface area (Å²) in [6.07, 6.45) is 0.779. The molecule has 1 saturated heterocycles. The molecule has 1 aliphatic rings. The molecule has 0 aliphatic carbocycles. The van der Waals surface area contributed by atoms with E-state index in [0.29, 0.717) is 12.1 Å². The van der Waals surface area contributed by atoms with Crippen LogP contribution in [0.2, 0.25) is 0 Å². The van der Waals surface area contributed by atoms with Crippen molar-refractivity contribution in [3.05, 3.63) is 35.6 Å². The Labute approximate surface area is 134 Å². The number of rotatable bonds is 7. The van der Waals surface area contributed by atoms with E-state index in [4.69, 9.17) is 5.11 Å². The van der Waals surface area contributed by atoms with E-state index in [1.54, 1.807) is 18.2 Å². The highest BCUT2D eigenvalue weighted by Gasteiger charge is 2.34. The van der Waals surface area contributed by atoms with Gasteiger partial charge in [-0.1, -0.05) is 18.2 Å². The van der Waals surface area contributed by atoms with Crippen LogP contribution in [0.5, 0.6) is 0 Å². The van der Waals surface area contributed by atoms with Crippen LogP contribution in [0, 0.1) is 5.82 Å². The fourth-order valence-corrected chi connectivity index (χ4v) is 2.72. The topological polar surface area (TPSA) is 81.7 Å². The van der Waals surface area contributed by atoms with Gasteiger partial charge in [-0.15, -0.1) is 0 Å². The minimum atomic E-state index is -0.896. The van der Waals surface area contributed by atoms with E-state index in [0.717, 1.165) is 13.0 Å². The zero-order valence-corrected chi connectivity index (χ0v) is 13.1. The van der Waals surface area contributed by atoms with Crippen LogP contribution >= 0.6 is 0 Å². The number of carbonyl (C=O) groups is 2. The van der Waals surface area contributed by atoms with Crippen LogP contribution in [-0.4, -0.2) is 53.6 Å². The molecule has 0 spiro atoms. The lowest BCUT2D eigenvalue weighted by Crippen LogP contribution is -2.47. The van der Waals surface area contributed by atoms with Gasteiger partial charge in [0.15, 0.2) is 0 Å². The Kier molecular flexibility index (Phi) is 5.68. The predicted octanol–water partition coefficient (Wildman–Crippen LogP) is 0.581. The molecule has 7 heteroatoms. The smallest absolute Gasteiger partial charge is 0.317 e. The van der Waals surface area contributed by atoms with Crippen LogP contribution < -0.4 is 10.6 Å². The summed E-state index contributed by atoms with van der Waals surface area (Å²) in [4.78, 5) is 24.6. The summed E-state index contributed by atoms with van der Waals surface area (Å²) in [6.45, 7) is 3.56. The molecule has 1 amide bonds. The van der Waals surface area contributed by atoms with Crippen molar-refractivity contribution in [2.24, 2.45) is 0 Å². The second-order valence-corrected chi connectivity index (χ2v) is 6.14. The number of benzene rings is 1. The van der Waals surface area contributed by atoms with Gasteiger partial charge >= 0.3 is 5.97 Å². The molecule has 0 aromatic heterocycles. The molecule has 126 valence electrons. The summed E-state index contributed by atoms with van der Waals surface area (Å²) in [5, 5.41) is 14.4. The SMILES string of the molecule is C[C@]1(NCC(=O)O)CCN(CC(=O)NCc2ccccc2F)C1. The normalized spacial score (nSPS) is 21.3. The number of halogens is 1. The molecule has 0 saturated carbocycles. The minimum absolute atomic E-state index is 0.0934. The molecule has 0 unspecified atom stereocenters. The van der Waals surface area contributed by atoms with Crippen molar-refractivity contribution >= 4 is 11.9 Å². The lowest BCUT2D eigenvalue weighted by atomic mass is 10.0. The zero-order valence-electron chi connectivity index (χ0n) is 13.1. The lowest BCUT2D eigenvalue weighted by molar-refractivity contribution is -0.136. The summed E-state index contributed by atoms with van der Waals surface area (Å²) in [7, 11) is 0. The fraction of sp³-hybridized carbons (Fsp3) is 0.500. The first-order valence-electron chi connectivity index (χ1n) is 7.57. The van der Waals surface area contributed by atoms with E-state index < -0.39 is 5.97 Å². The third-order valence-electron chi connectivity index (χ3n) is 4.02. The second kappa shape index (κ2) is 7.52. The number of hydrogen-bond donors (Lipinski definition) is 3. The molecular weight excluding hydrogens is 301 g/mol. The third kappa shape index (κ3) is 5.30. The van der Waals surface area contributed by atoms with Crippen LogP contribution in [-0.2, 0) is 16.1 Å². The van der Waals surface area contributed by atoms with Gasteiger partial charge in [-0.2, -0.15) is 0 Å². The van der Waals surface area contributed by atoms with Gasteiger partial charge in [-0.3, -0.25) is 14.5 Å². The summed E-state index contributed by atoms with van der Waals surface area (Å²) < 4.78 is 13.5. The average molecular weight is 323 g/mol. The van der Waals surface area contributed by atoms with Gasteiger partial charge < -0.3 is 15.7 Å². The van der Waals surface area contributed by atoms with Crippen molar-refractivity contribution in [2.75, 3.05) is 26.2 Å². The van der Waals surface area contributed by atoms with E-state index in [-0.39, 0.29) is 36.9 Å². The van der Waals surface area contributed by atoms with Gasteiger partial charge in [0.2, 0.25) is 5.91 Å². The number of carbonyl (C=O) groups excluding carboxylic acids is 1. The molecule has 6 nitrogen and oxygen atoms in total. The minimum Gasteiger partial charge on any atom is -0.480 e. The summed E-state index contributed by atoms with van der Waals surface area (Å²) in [6, 6.07) is 6.33. The first kappa shape index (κ1) is 17.4. The summed E-state index contributed by atoms with van der Waals surface area (Å²) in [5.41, 5.74) is 0.153. The Morgan fingerprint density at radius 2 is 2.13 bits per heavy atom. The van der Waals surface area contributed by atoms with Gasteiger partial charge in [0, 0.05) is 30.7 Å². The monoisotopic (exact) mass is 323 g/mol. The number of aliphatic carboxylic acids is 1. The Bertz CT molecular complexity index is 581. The molecule has 1 aliphatic heterocycles. The quantitative estimate of drug-likeness (QED) is 0.684. The van der Waals surface area contributed by atoms with E-state index in [2.05, 4.69) is 10.6 Å². The number of nitrogens with one attached hydrogen (secondary N) is 2. The zero-order chi connectivity index (χ0) is 16.9. The molecule has 1 heterocycles. The molecule has 0 bridgehead atoms. The molecule has 1 aromatic rings. The van der Waals surface area contributed by atoms with E-state index in [1.807, 2.05) is 11.8 Å². The summed E-state index contributed by atoms with van der Waals surface area (Å²) in [5.74, 6) is -1.40. The van der Waals surface area contributed by atoms with Crippen LogP contribution in [0.4, 0.5) is 4.39 Å². The maximum absolute atomic E-state index is 13.5. The number of carboxylic acid groups (broad SMARTS) is 1. The second-order valence-electron chi connectivity index (χ2n) is 6.14. The maximum atomic E-state index is 13.5. The van der Waals surface area contributed by atoms with Gasteiger partial charge in [0.05, 0.1) is 13.1 Å². The van der Waals surface area contributed by atoms with Crippen molar-refractivity contribution in [3.8, 4) is 0 Å². The highest BCUT2D eigenvalue weighted by Crippen LogP contribution is 2.20.